The van der Waals surface area contributed by atoms with Gasteiger partial charge in [0.05, 0.1) is 21.3 Å². The van der Waals surface area contributed by atoms with Crippen LogP contribution in [0, 0.1) is 6.92 Å². The van der Waals surface area contributed by atoms with Crippen molar-refractivity contribution in [2.24, 2.45) is 0 Å². The van der Waals surface area contributed by atoms with E-state index in [1.165, 1.54) is 22.5 Å². The summed E-state index contributed by atoms with van der Waals surface area (Å²) < 4.78 is 16.6. The summed E-state index contributed by atoms with van der Waals surface area (Å²) in [7, 11) is 5.10. The Bertz CT molecular complexity index is 903. The van der Waals surface area contributed by atoms with Crippen LogP contribution in [0.1, 0.15) is 37.5 Å². The number of rotatable bonds is 6. The largest absolute Gasteiger partial charge is 0.497 e. The number of methoxy groups -OCH3 is 3. The number of ether oxygens (including phenoxy) is 3. The minimum Gasteiger partial charge on any atom is -0.497 e. The summed E-state index contributed by atoms with van der Waals surface area (Å²) in [5, 5.41) is 0. The minimum atomic E-state index is -0.154. The second-order valence-corrected chi connectivity index (χ2v) is 7.40. The third-order valence-corrected chi connectivity index (χ3v) is 5.98. The van der Waals surface area contributed by atoms with E-state index in [1.807, 2.05) is 12.1 Å². The Kier molecular flexibility index (Phi) is 5.59. The fraction of sp³-hybridized carbons (Fsp3) is 0.417. The molecule has 0 fully saturated rings. The number of allylic oxidation sites excluding steroid dienone is 2. The first-order valence-electron chi connectivity index (χ1n) is 9.78. The van der Waals surface area contributed by atoms with Gasteiger partial charge in [0, 0.05) is 23.3 Å². The van der Waals surface area contributed by atoms with Gasteiger partial charge >= 0.3 is 0 Å². The molecule has 0 aliphatic carbocycles. The number of likely N-dealkylation sites (N-methyl/N-ethyl adjacent to an activating group) is 1. The molecular formula is C24H31NO3. The van der Waals surface area contributed by atoms with Crippen LogP contribution in [0.3, 0.4) is 0 Å². The van der Waals surface area contributed by atoms with Crippen LogP contribution in [-0.2, 0) is 11.8 Å². The Morgan fingerprint density at radius 3 is 2.36 bits per heavy atom. The highest BCUT2D eigenvalue weighted by atomic mass is 16.5. The van der Waals surface area contributed by atoms with Crippen molar-refractivity contribution in [1.29, 1.82) is 0 Å². The van der Waals surface area contributed by atoms with E-state index in [0.717, 1.165) is 35.8 Å². The molecule has 2 aromatic rings. The number of nitrogens with zero attached hydrogens (tertiary/aromatic N) is 1. The first-order chi connectivity index (χ1) is 13.4. The lowest BCUT2D eigenvalue weighted by Crippen LogP contribution is -2.30. The normalized spacial score (nSPS) is 19.7. The molecule has 4 heteroatoms. The van der Waals surface area contributed by atoms with Gasteiger partial charge in [-0.05, 0) is 75.1 Å². The molecule has 1 unspecified atom stereocenters. The summed E-state index contributed by atoms with van der Waals surface area (Å²) >= 11 is 0. The van der Waals surface area contributed by atoms with E-state index in [1.54, 1.807) is 21.3 Å². The molecule has 0 amide bonds. The molecule has 150 valence electrons. The van der Waals surface area contributed by atoms with Crippen LogP contribution in [0.15, 0.2) is 42.1 Å². The predicted octanol–water partition coefficient (Wildman–Crippen LogP) is 5.26. The van der Waals surface area contributed by atoms with Crippen molar-refractivity contribution in [3.05, 3.63) is 58.8 Å². The number of benzene rings is 2. The summed E-state index contributed by atoms with van der Waals surface area (Å²) in [6.45, 7) is 9.69. The van der Waals surface area contributed by atoms with E-state index in [-0.39, 0.29) is 5.41 Å². The summed E-state index contributed by atoms with van der Waals surface area (Å²) in [6, 6.07) is 10.6. The van der Waals surface area contributed by atoms with Crippen LogP contribution in [0.5, 0.6) is 17.2 Å². The van der Waals surface area contributed by atoms with Gasteiger partial charge in [-0.15, -0.1) is 0 Å². The number of hydrogen-bond donors (Lipinski definition) is 0. The molecule has 1 heterocycles. The van der Waals surface area contributed by atoms with Gasteiger partial charge in [0.15, 0.2) is 11.5 Å². The zero-order chi connectivity index (χ0) is 20.5. The molecule has 0 radical (unpaired) electrons. The molecule has 0 spiro atoms. The van der Waals surface area contributed by atoms with E-state index >= 15 is 0 Å². The summed E-state index contributed by atoms with van der Waals surface area (Å²) in [5.41, 5.74) is 6.11. The molecule has 0 saturated carbocycles. The Hall–Kier alpha value is -2.62. The first-order valence-corrected chi connectivity index (χ1v) is 9.78. The van der Waals surface area contributed by atoms with E-state index in [4.69, 9.17) is 14.2 Å². The van der Waals surface area contributed by atoms with Gasteiger partial charge in [0.25, 0.3) is 0 Å². The molecule has 2 aromatic carbocycles. The number of anilines is 1. The molecule has 4 nitrogen and oxygen atoms in total. The highest BCUT2D eigenvalue weighted by Crippen LogP contribution is 2.51. The van der Waals surface area contributed by atoms with Crippen molar-refractivity contribution in [2.45, 2.75) is 39.5 Å². The maximum absolute atomic E-state index is 5.64. The molecular weight excluding hydrogens is 350 g/mol. The van der Waals surface area contributed by atoms with E-state index < -0.39 is 0 Å². The summed E-state index contributed by atoms with van der Waals surface area (Å²) in [4.78, 5) is 2.41. The van der Waals surface area contributed by atoms with E-state index in [9.17, 15) is 0 Å². The molecule has 1 aliphatic rings. The Morgan fingerprint density at radius 1 is 1.04 bits per heavy atom. The highest BCUT2D eigenvalue weighted by Gasteiger charge is 2.43. The van der Waals surface area contributed by atoms with Crippen molar-refractivity contribution in [3.63, 3.8) is 0 Å². The Labute approximate surface area is 168 Å². The monoisotopic (exact) mass is 381 g/mol. The molecule has 1 aliphatic heterocycles. The van der Waals surface area contributed by atoms with Gasteiger partial charge < -0.3 is 19.1 Å². The standard InChI is InChI=1S/C24H31NO3/c1-8-22-24(4,15-17-10-13-21(27-6)23(28-7)16(17)3)19-14-18(26-5)11-12-20(19)25(22)9-2/h8,10-14H,9,15H2,1-7H3/b22-8-. The smallest absolute Gasteiger partial charge is 0.163 e. The highest BCUT2D eigenvalue weighted by molar-refractivity contribution is 5.72. The maximum atomic E-state index is 5.64. The zero-order valence-electron chi connectivity index (χ0n) is 18.1. The zero-order valence-corrected chi connectivity index (χ0v) is 18.1. The first kappa shape index (κ1) is 20.1. The molecule has 28 heavy (non-hydrogen) atoms. The van der Waals surface area contributed by atoms with E-state index in [0.29, 0.717) is 0 Å². The molecule has 0 N–H and O–H groups in total. The van der Waals surface area contributed by atoms with Crippen LogP contribution in [0.2, 0.25) is 0 Å². The summed E-state index contributed by atoms with van der Waals surface area (Å²) in [5.74, 6) is 2.47. The van der Waals surface area contributed by atoms with Gasteiger partial charge in [-0.3, -0.25) is 0 Å². The molecule has 0 saturated heterocycles. The topological polar surface area (TPSA) is 30.9 Å². The van der Waals surface area contributed by atoms with Crippen molar-refractivity contribution < 1.29 is 14.2 Å². The third-order valence-electron chi connectivity index (χ3n) is 5.98. The van der Waals surface area contributed by atoms with Gasteiger partial charge in [-0.1, -0.05) is 12.1 Å². The van der Waals surface area contributed by atoms with Crippen LogP contribution in [-0.4, -0.2) is 27.9 Å². The number of hydrogen-bond acceptors (Lipinski definition) is 4. The van der Waals surface area contributed by atoms with Crippen molar-refractivity contribution in [2.75, 3.05) is 32.8 Å². The number of fused-ring (bicyclic) bond motifs is 1. The van der Waals surface area contributed by atoms with Gasteiger partial charge in [0.1, 0.15) is 5.75 Å². The maximum Gasteiger partial charge on any atom is 0.163 e. The van der Waals surface area contributed by atoms with E-state index in [2.05, 4.69) is 56.9 Å². The molecule has 0 aromatic heterocycles. The average molecular weight is 382 g/mol. The van der Waals surface area contributed by atoms with Crippen molar-refractivity contribution >= 4 is 5.69 Å². The second-order valence-electron chi connectivity index (χ2n) is 7.40. The fourth-order valence-electron chi connectivity index (χ4n) is 4.58. The SMILES string of the molecule is C/C=C1\N(CC)c2ccc(OC)cc2C1(C)Cc1ccc(OC)c(OC)c1C. The Morgan fingerprint density at radius 2 is 1.79 bits per heavy atom. The molecule has 0 bridgehead atoms. The lowest BCUT2D eigenvalue weighted by atomic mass is 9.75. The van der Waals surface area contributed by atoms with Crippen molar-refractivity contribution in [1.82, 2.24) is 0 Å². The fourth-order valence-corrected chi connectivity index (χ4v) is 4.58. The molecule has 3 rings (SSSR count). The Balaban J connectivity index is 2.15. The van der Waals surface area contributed by atoms with Crippen LogP contribution in [0.25, 0.3) is 0 Å². The van der Waals surface area contributed by atoms with Crippen molar-refractivity contribution in [3.8, 4) is 17.2 Å². The van der Waals surface area contributed by atoms with Crippen LogP contribution >= 0.6 is 0 Å². The van der Waals surface area contributed by atoms with Gasteiger partial charge in [-0.2, -0.15) is 0 Å². The summed E-state index contributed by atoms with van der Waals surface area (Å²) in [6.07, 6.45) is 3.11. The molecule has 1 atom stereocenters. The average Bonchev–Trinajstić information content (AvgIpc) is 2.95. The van der Waals surface area contributed by atoms with Gasteiger partial charge in [-0.25, -0.2) is 0 Å². The van der Waals surface area contributed by atoms with Crippen LogP contribution < -0.4 is 19.1 Å². The third kappa shape index (κ3) is 3.01. The lowest BCUT2D eigenvalue weighted by Gasteiger charge is -2.31. The van der Waals surface area contributed by atoms with Crippen LogP contribution in [0.4, 0.5) is 5.69 Å². The minimum absolute atomic E-state index is 0.154. The predicted molar refractivity (Wildman–Crippen MR) is 115 cm³/mol. The lowest BCUT2D eigenvalue weighted by molar-refractivity contribution is 0.352. The second kappa shape index (κ2) is 7.78. The quantitative estimate of drug-likeness (QED) is 0.682. The van der Waals surface area contributed by atoms with Gasteiger partial charge in [0.2, 0.25) is 0 Å².